The van der Waals surface area contributed by atoms with Crippen molar-refractivity contribution in [2.75, 3.05) is 13.2 Å². The van der Waals surface area contributed by atoms with Crippen LogP contribution in [0.5, 0.6) is 0 Å². The van der Waals surface area contributed by atoms with Gasteiger partial charge in [-0.1, -0.05) is 0 Å². The van der Waals surface area contributed by atoms with Crippen LogP contribution in [-0.2, 0) is 4.84 Å². The summed E-state index contributed by atoms with van der Waals surface area (Å²) in [6.45, 7) is 1.23. The summed E-state index contributed by atoms with van der Waals surface area (Å²) in [6, 6.07) is 6.95. The highest BCUT2D eigenvalue weighted by atomic mass is 32.1. The molecule has 3 rings (SSSR count). The van der Waals surface area contributed by atoms with Gasteiger partial charge in [-0.15, -0.1) is 5.10 Å². The van der Waals surface area contributed by atoms with Crippen LogP contribution in [-0.4, -0.2) is 34.3 Å². The van der Waals surface area contributed by atoms with Gasteiger partial charge in [-0.3, -0.25) is 9.63 Å². The number of carbonyl (C=O) groups excluding carboxylic acids is 1. The average molecular weight is 277 g/mol. The first-order valence-corrected chi connectivity index (χ1v) is 6.25. The summed E-state index contributed by atoms with van der Waals surface area (Å²) in [7, 11) is 0. The van der Waals surface area contributed by atoms with Crippen LogP contribution < -0.4 is 0 Å². The third-order valence-corrected chi connectivity index (χ3v) is 2.97. The molecular formula is C12H11N3O3S. The molecule has 0 radical (unpaired) electrons. The van der Waals surface area contributed by atoms with Gasteiger partial charge in [0.1, 0.15) is 0 Å². The van der Waals surface area contributed by atoms with Crippen LogP contribution in [0.25, 0.3) is 11.5 Å². The Labute approximate surface area is 113 Å². The Bertz CT molecular complexity index is 641. The number of benzene rings is 1. The highest BCUT2D eigenvalue weighted by Crippen LogP contribution is 2.19. The molecule has 1 saturated heterocycles. The smallest absolute Gasteiger partial charge is 0.284 e. The van der Waals surface area contributed by atoms with Crippen LogP contribution in [0.15, 0.2) is 28.7 Å². The molecule has 2 aromatic rings. The molecule has 19 heavy (non-hydrogen) atoms. The second-order valence-corrected chi connectivity index (χ2v) is 4.46. The summed E-state index contributed by atoms with van der Waals surface area (Å²) in [6.07, 6.45) is 0.873. The Hall–Kier alpha value is -1.99. The number of carbonyl (C=O) groups is 1. The lowest BCUT2D eigenvalue weighted by Crippen LogP contribution is -2.26. The number of hydrogen-bond acceptors (Lipinski definition) is 5. The quantitative estimate of drug-likeness (QED) is 0.852. The van der Waals surface area contributed by atoms with Crippen LogP contribution in [0.2, 0.25) is 0 Å². The van der Waals surface area contributed by atoms with Crippen molar-refractivity contribution < 1.29 is 14.0 Å². The van der Waals surface area contributed by atoms with Crippen molar-refractivity contribution in [3.05, 3.63) is 34.7 Å². The normalized spacial score (nSPS) is 14.8. The van der Waals surface area contributed by atoms with Gasteiger partial charge in [-0.2, -0.15) is 0 Å². The molecule has 0 bridgehead atoms. The van der Waals surface area contributed by atoms with E-state index in [1.807, 2.05) is 0 Å². The Morgan fingerprint density at radius 2 is 2.16 bits per heavy atom. The Morgan fingerprint density at radius 3 is 2.74 bits per heavy atom. The van der Waals surface area contributed by atoms with Crippen molar-refractivity contribution in [2.24, 2.45) is 0 Å². The molecule has 1 aromatic heterocycles. The molecule has 0 saturated carbocycles. The van der Waals surface area contributed by atoms with Gasteiger partial charge in [0.25, 0.3) is 10.7 Å². The molecule has 98 valence electrons. The standard InChI is InChI=1S/C12H11N3O3S/c16-11(15-6-1-7-17-15)9-4-2-8(3-5-9)10-13-14-12(19)18-10/h2-5H,1,6-7H2,(H,14,19). The van der Waals surface area contributed by atoms with Gasteiger partial charge in [0, 0.05) is 11.1 Å². The van der Waals surface area contributed by atoms with Gasteiger partial charge in [-0.25, -0.2) is 10.2 Å². The SMILES string of the molecule is O=C(c1ccc(-c2n[nH]c(=S)o2)cc1)N1CCCO1. The summed E-state index contributed by atoms with van der Waals surface area (Å²) in [4.78, 5) is 17.5. The zero-order valence-corrected chi connectivity index (χ0v) is 10.8. The second-order valence-electron chi connectivity index (χ2n) is 4.09. The highest BCUT2D eigenvalue weighted by Gasteiger charge is 2.20. The van der Waals surface area contributed by atoms with Crippen molar-refractivity contribution in [2.45, 2.75) is 6.42 Å². The Kier molecular flexibility index (Phi) is 3.14. The zero-order chi connectivity index (χ0) is 13.2. The third-order valence-electron chi connectivity index (χ3n) is 2.80. The minimum Gasteiger partial charge on any atom is -0.409 e. The van der Waals surface area contributed by atoms with E-state index in [1.54, 1.807) is 24.3 Å². The van der Waals surface area contributed by atoms with Gasteiger partial charge in [0.15, 0.2) is 0 Å². The molecule has 6 nitrogen and oxygen atoms in total. The number of rotatable bonds is 2. The lowest BCUT2D eigenvalue weighted by Gasteiger charge is -2.13. The molecule has 1 aliphatic heterocycles. The first-order chi connectivity index (χ1) is 9.24. The summed E-state index contributed by atoms with van der Waals surface area (Å²) in [5, 5.41) is 7.86. The van der Waals surface area contributed by atoms with Crippen molar-refractivity contribution in [1.82, 2.24) is 15.3 Å². The van der Waals surface area contributed by atoms with Crippen molar-refractivity contribution in [3.8, 4) is 11.5 Å². The van der Waals surface area contributed by atoms with E-state index >= 15 is 0 Å². The van der Waals surface area contributed by atoms with E-state index in [2.05, 4.69) is 10.2 Å². The molecule has 0 unspecified atom stereocenters. The fraction of sp³-hybridized carbons (Fsp3) is 0.250. The second kappa shape index (κ2) is 4.94. The largest absolute Gasteiger partial charge is 0.409 e. The molecule has 0 atom stereocenters. The van der Waals surface area contributed by atoms with Crippen molar-refractivity contribution >= 4 is 18.1 Å². The molecule has 1 N–H and O–H groups in total. The first-order valence-electron chi connectivity index (χ1n) is 5.85. The molecule has 1 aliphatic rings. The molecule has 1 fully saturated rings. The van der Waals surface area contributed by atoms with Crippen molar-refractivity contribution in [1.29, 1.82) is 0 Å². The third kappa shape index (κ3) is 2.42. The van der Waals surface area contributed by atoms with Crippen LogP contribution in [0.4, 0.5) is 0 Å². The number of aromatic amines is 1. The number of nitrogens with one attached hydrogen (secondary N) is 1. The average Bonchev–Trinajstić information content (AvgIpc) is 3.09. The molecule has 1 amide bonds. The van der Waals surface area contributed by atoms with Crippen LogP contribution in [0.3, 0.4) is 0 Å². The van der Waals surface area contributed by atoms with Crippen LogP contribution in [0, 0.1) is 4.84 Å². The highest BCUT2D eigenvalue weighted by molar-refractivity contribution is 7.71. The summed E-state index contributed by atoms with van der Waals surface area (Å²) in [5.74, 6) is 0.272. The lowest BCUT2D eigenvalue weighted by atomic mass is 10.1. The number of amides is 1. The molecule has 2 heterocycles. The number of H-pyrrole nitrogens is 1. The topological polar surface area (TPSA) is 71.4 Å². The summed E-state index contributed by atoms with van der Waals surface area (Å²) >= 11 is 4.81. The molecule has 0 aliphatic carbocycles. The number of hydrogen-bond donors (Lipinski definition) is 1. The Balaban J connectivity index is 1.82. The molecule has 1 aromatic carbocycles. The maximum atomic E-state index is 12.0. The van der Waals surface area contributed by atoms with E-state index in [1.165, 1.54) is 5.06 Å². The van der Waals surface area contributed by atoms with Crippen LogP contribution in [0.1, 0.15) is 16.8 Å². The Morgan fingerprint density at radius 1 is 1.37 bits per heavy atom. The summed E-state index contributed by atoms with van der Waals surface area (Å²) < 4.78 is 5.20. The first kappa shape index (κ1) is 12.1. The maximum Gasteiger partial charge on any atom is 0.284 e. The van der Waals surface area contributed by atoms with Gasteiger partial charge in [0.2, 0.25) is 5.89 Å². The fourth-order valence-electron chi connectivity index (χ4n) is 1.86. The predicted molar refractivity (Wildman–Crippen MR) is 68.7 cm³/mol. The number of aromatic nitrogens is 2. The van der Waals surface area contributed by atoms with Crippen LogP contribution >= 0.6 is 12.2 Å². The van der Waals surface area contributed by atoms with Gasteiger partial charge < -0.3 is 4.42 Å². The molecule has 7 heteroatoms. The number of nitrogens with zero attached hydrogens (tertiary/aromatic N) is 2. The van der Waals surface area contributed by atoms with Crippen molar-refractivity contribution in [3.63, 3.8) is 0 Å². The van der Waals surface area contributed by atoms with E-state index in [0.29, 0.717) is 24.6 Å². The monoisotopic (exact) mass is 277 g/mol. The van der Waals surface area contributed by atoms with Gasteiger partial charge in [-0.05, 0) is 42.9 Å². The predicted octanol–water partition coefficient (Wildman–Crippen LogP) is 2.18. The fourth-order valence-corrected chi connectivity index (χ4v) is 1.98. The maximum absolute atomic E-state index is 12.0. The zero-order valence-electron chi connectivity index (χ0n) is 9.96. The van der Waals surface area contributed by atoms with Gasteiger partial charge in [0.05, 0.1) is 13.2 Å². The minimum absolute atomic E-state index is 0.132. The molecule has 0 spiro atoms. The van der Waals surface area contributed by atoms with E-state index in [-0.39, 0.29) is 10.7 Å². The van der Waals surface area contributed by atoms with E-state index in [0.717, 1.165) is 12.0 Å². The lowest BCUT2D eigenvalue weighted by molar-refractivity contribution is -0.0768. The van der Waals surface area contributed by atoms with E-state index in [4.69, 9.17) is 21.5 Å². The van der Waals surface area contributed by atoms with E-state index in [9.17, 15) is 4.79 Å². The number of hydroxylamine groups is 2. The van der Waals surface area contributed by atoms with E-state index < -0.39 is 0 Å². The minimum atomic E-state index is -0.132. The van der Waals surface area contributed by atoms with Gasteiger partial charge >= 0.3 is 0 Å². The molecular weight excluding hydrogens is 266 g/mol. The summed E-state index contributed by atoms with van der Waals surface area (Å²) in [5.41, 5.74) is 1.33.